The molecule has 1 atom stereocenters. The van der Waals surface area contributed by atoms with Gasteiger partial charge in [-0.25, -0.2) is 0 Å². The third kappa shape index (κ3) is 4.61. The van der Waals surface area contributed by atoms with Gasteiger partial charge in [-0.2, -0.15) is 13.2 Å². The first-order chi connectivity index (χ1) is 12.5. The summed E-state index contributed by atoms with van der Waals surface area (Å²) >= 11 is 0. The molecule has 27 heavy (non-hydrogen) atoms. The molecule has 2 fully saturated rings. The van der Waals surface area contributed by atoms with E-state index in [-0.39, 0.29) is 18.5 Å². The molecule has 0 amide bonds. The largest absolute Gasteiger partial charge is 0.494 e. The minimum absolute atomic E-state index is 0.0893. The summed E-state index contributed by atoms with van der Waals surface area (Å²) in [5, 5.41) is 0. The SMILES string of the molecule is CC1(C)OB(c2cc(OC[C@@H]3CCCCO3)cc(C(F)(F)F)c2)OC1(C)C. The summed E-state index contributed by atoms with van der Waals surface area (Å²) in [7, 11) is -0.884. The summed E-state index contributed by atoms with van der Waals surface area (Å²) < 4.78 is 63.1. The van der Waals surface area contributed by atoms with Crippen LogP contribution in [0.25, 0.3) is 0 Å². The number of rotatable bonds is 4. The number of hydrogen-bond acceptors (Lipinski definition) is 4. The molecule has 2 saturated heterocycles. The topological polar surface area (TPSA) is 36.9 Å². The smallest absolute Gasteiger partial charge is 0.491 e. The van der Waals surface area contributed by atoms with E-state index in [1.807, 2.05) is 27.7 Å². The molecule has 0 aliphatic carbocycles. The Morgan fingerprint density at radius 2 is 1.74 bits per heavy atom. The van der Waals surface area contributed by atoms with Crippen molar-refractivity contribution in [2.45, 2.75) is 70.4 Å². The van der Waals surface area contributed by atoms with Gasteiger partial charge >= 0.3 is 13.3 Å². The second kappa shape index (κ2) is 7.30. The Kier molecular flexibility index (Phi) is 5.54. The van der Waals surface area contributed by atoms with E-state index in [0.717, 1.165) is 31.4 Å². The molecule has 0 saturated carbocycles. The predicted molar refractivity (Wildman–Crippen MR) is 96.2 cm³/mol. The highest BCUT2D eigenvalue weighted by Crippen LogP contribution is 2.37. The summed E-state index contributed by atoms with van der Waals surface area (Å²) in [5.74, 6) is 0.142. The summed E-state index contributed by atoms with van der Waals surface area (Å²) in [6.45, 7) is 8.33. The molecule has 2 aliphatic rings. The van der Waals surface area contributed by atoms with Crippen molar-refractivity contribution in [3.05, 3.63) is 23.8 Å². The molecule has 2 aliphatic heterocycles. The molecule has 1 aromatic rings. The second-order valence-electron chi connectivity index (χ2n) is 8.18. The van der Waals surface area contributed by atoms with Gasteiger partial charge in [0.05, 0.1) is 22.9 Å². The Morgan fingerprint density at radius 1 is 1.07 bits per heavy atom. The van der Waals surface area contributed by atoms with Crippen molar-refractivity contribution in [2.75, 3.05) is 13.2 Å². The quantitative estimate of drug-likeness (QED) is 0.735. The highest BCUT2D eigenvalue weighted by Gasteiger charge is 2.52. The molecule has 2 heterocycles. The Hall–Kier alpha value is -1.25. The van der Waals surface area contributed by atoms with Crippen molar-refractivity contribution in [1.29, 1.82) is 0 Å². The Bertz CT molecular complexity index is 653. The summed E-state index contributed by atoms with van der Waals surface area (Å²) in [6, 6.07) is 3.63. The third-order valence-corrected chi connectivity index (χ3v) is 5.49. The molecule has 0 aromatic heterocycles. The molecule has 3 rings (SSSR count). The van der Waals surface area contributed by atoms with Gasteiger partial charge in [0.2, 0.25) is 0 Å². The van der Waals surface area contributed by atoms with E-state index in [1.165, 1.54) is 0 Å². The lowest BCUT2D eigenvalue weighted by Gasteiger charge is -2.32. The van der Waals surface area contributed by atoms with Gasteiger partial charge < -0.3 is 18.8 Å². The molecule has 0 spiro atoms. The van der Waals surface area contributed by atoms with Crippen molar-refractivity contribution in [3.8, 4) is 5.75 Å². The number of halogens is 3. The van der Waals surface area contributed by atoms with Gasteiger partial charge in [-0.1, -0.05) is 0 Å². The maximum absolute atomic E-state index is 13.4. The highest BCUT2D eigenvalue weighted by molar-refractivity contribution is 6.62. The zero-order valence-corrected chi connectivity index (χ0v) is 16.2. The fraction of sp³-hybridized carbons (Fsp3) is 0.684. The van der Waals surface area contributed by atoms with Gasteiger partial charge in [-0.15, -0.1) is 0 Å². The van der Waals surface area contributed by atoms with E-state index in [1.54, 1.807) is 6.07 Å². The van der Waals surface area contributed by atoms with Gasteiger partial charge in [0, 0.05) is 6.61 Å². The van der Waals surface area contributed by atoms with Crippen LogP contribution in [0, 0.1) is 0 Å². The van der Waals surface area contributed by atoms with Crippen LogP contribution in [0.5, 0.6) is 5.75 Å². The lowest BCUT2D eigenvalue weighted by Crippen LogP contribution is -2.41. The summed E-state index contributed by atoms with van der Waals surface area (Å²) in [4.78, 5) is 0. The molecule has 8 heteroatoms. The number of ether oxygens (including phenoxy) is 2. The van der Waals surface area contributed by atoms with Gasteiger partial charge in [0.25, 0.3) is 0 Å². The van der Waals surface area contributed by atoms with Gasteiger partial charge in [0.1, 0.15) is 12.4 Å². The number of alkyl halides is 3. The first kappa shape index (κ1) is 20.5. The number of benzene rings is 1. The van der Waals surface area contributed by atoms with E-state index in [9.17, 15) is 13.2 Å². The van der Waals surface area contributed by atoms with Crippen LogP contribution in [0.15, 0.2) is 18.2 Å². The van der Waals surface area contributed by atoms with Crippen LogP contribution >= 0.6 is 0 Å². The molecule has 4 nitrogen and oxygen atoms in total. The summed E-state index contributed by atoms with van der Waals surface area (Å²) in [6.07, 6.45) is -1.68. The predicted octanol–water partition coefficient (Wildman–Crippen LogP) is 3.95. The van der Waals surface area contributed by atoms with Crippen LogP contribution in [0.2, 0.25) is 0 Å². The van der Waals surface area contributed by atoms with Crippen LogP contribution in [-0.4, -0.2) is 37.6 Å². The average molecular weight is 386 g/mol. The van der Waals surface area contributed by atoms with E-state index in [2.05, 4.69) is 0 Å². The van der Waals surface area contributed by atoms with Crippen molar-refractivity contribution in [3.63, 3.8) is 0 Å². The Labute approximate surface area is 158 Å². The fourth-order valence-corrected chi connectivity index (χ4v) is 3.11. The molecule has 0 N–H and O–H groups in total. The fourth-order valence-electron chi connectivity index (χ4n) is 3.11. The maximum Gasteiger partial charge on any atom is 0.494 e. The van der Waals surface area contributed by atoms with Gasteiger partial charge in [-0.05, 0) is 70.6 Å². The summed E-state index contributed by atoms with van der Waals surface area (Å²) in [5.41, 5.74) is -1.76. The molecule has 1 aromatic carbocycles. The van der Waals surface area contributed by atoms with Crippen LogP contribution in [0.3, 0.4) is 0 Å². The minimum Gasteiger partial charge on any atom is -0.491 e. The lowest BCUT2D eigenvalue weighted by atomic mass is 9.78. The van der Waals surface area contributed by atoms with Crippen molar-refractivity contribution in [1.82, 2.24) is 0 Å². The van der Waals surface area contributed by atoms with Crippen molar-refractivity contribution in [2.24, 2.45) is 0 Å². The minimum atomic E-state index is -4.49. The number of hydrogen-bond donors (Lipinski definition) is 0. The van der Waals surface area contributed by atoms with Gasteiger partial charge in [-0.3, -0.25) is 0 Å². The standard InChI is InChI=1S/C19H26BF3O4/c1-17(2)18(3,4)27-20(26-17)14-9-13(19(21,22)23)10-16(11-14)25-12-15-7-5-6-8-24-15/h9-11,15H,5-8,12H2,1-4H3/t15-/m0/s1. The van der Waals surface area contributed by atoms with Crippen molar-refractivity contribution >= 4 is 12.6 Å². The van der Waals surface area contributed by atoms with E-state index >= 15 is 0 Å². The Morgan fingerprint density at radius 3 is 2.30 bits per heavy atom. The second-order valence-corrected chi connectivity index (χ2v) is 8.18. The molecule has 0 radical (unpaired) electrons. The van der Waals surface area contributed by atoms with Crippen LogP contribution in [0.1, 0.15) is 52.5 Å². The molecule has 0 unspecified atom stereocenters. The van der Waals surface area contributed by atoms with E-state index in [0.29, 0.717) is 12.1 Å². The van der Waals surface area contributed by atoms with E-state index in [4.69, 9.17) is 18.8 Å². The average Bonchev–Trinajstić information content (AvgIpc) is 2.81. The maximum atomic E-state index is 13.4. The normalized spacial score (nSPS) is 24.9. The van der Waals surface area contributed by atoms with Crippen LogP contribution in [0.4, 0.5) is 13.2 Å². The molecular formula is C19H26BF3O4. The van der Waals surface area contributed by atoms with E-state index < -0.39 is 30.1 Å². The molecule has 150 valence electrons. The monoisotopic (exact) mass is 386 g/mol. The van der Waals surface area contributed by atoms with Gasteiger partial charge in [0.15, 0.2) is 0 Å². The highest BCUT2D eigenvalue weighted by atomic mass is 19.4. The first-order valence-corrected chi connectivity index (χ1v) is 9.30. The lowest BCUT2D eigenvalue weighted by molar-refractivity contribution is -0.137. The Balaban J connectivity index is 1.83. The molecule has 0 bridgehead atoms. The van der Waals surface area contributed by atoms with Crippen LogP contribution in [-0.2, 0) is 20.2 Å². The first-order valence-electron chi connectivity index (χ1n) is 9.30. The van der Waals surface area contributed by atoms with Crippen molar-refractivity contribution < 1.29 is 32.0 Å². The zero-order chi connectivity index (χ0) is 19.9. The molecular weight excluding hydrogens is 360 g/mol. The zero-order valence-electron chi connectivity index (χ0n) is 16.2. The third-order valence-electron chi connectivity index (χ3n) is 5.49. The van der Waals surface area contributed by atoms with Crippen LogP contribution < -0.4 is 10.2 Å².